The summed E-state index contributed by atoms with van der Waals surface area (Å²) in [5.74, 6) is -0.279. The third-order valence-electron chi connectivity index (χ3n) is 1.97. The summed E-state index contributed by atoms with van der Waals surface area (Å²) < 4.78 is 5.08. The van der Waals surface area contributed by atoms with Gasteiger partial charge in [-0.25, -0.2) is 9.79 Å². The van der Waals surface area contributed by atoms with Crippen molar-refractivity contribution < 1.29 is 9.53 Å². The molecule has 4 heteroatoms. The van der Waals surface area contributed by atoms with Gasteiger partial charge in [-0.15, -0.1) is 0 Å². The SMILES string of the molecule is O=C(OCCCCN=C=S)c1ccccc1. The Morgan fingerprint density at radius 2 is 2.06 bits per heavy atom. The highest BCUT2D eigenvalue weighted by Crippen LogP contribution is 2.02. The van der Waals surface area contributed by atoms with Gasteiger partial charge in [0.25, 0.3) is 0 Å². The summed E-state index contributed by atoms with van der Waals surface area (Å²) in [4.78, 5) is 15.2. The number of hydrogen-bond acceptors (Lipinski definition) is 4. The Labute approximate surface area is 100 Å². The second kappa shape index (κ2) is 7.74. The summed E-state index contributed by atoms with van der Waals surface area (Å²) in [6.07, 6.45) is 1.64. The van der Waals surface area contributed by atoms with Crippen LogP contribution >= 0.6 is 12.2 Å². The number of benzene rings is 1. The lowest BCUT2D eigenvalue weighted by molar-refractivity contribution is 0.0499. The molecule has 0 spiro atoms. The Morgan fingerprint density at radius 1 is 1.31 bits per heavy atom. The molecular formula is C12H13NO2S. The van der Waals surface area contributed by atoms with Gasteiger partial charge in [0.2, 0.25) is 0 Å². The van der Waals surface area contributed by atoms with Crippen LogP contribution in [0.1, 0.15) is 23.2 Å². The zero-order chi connectivity index (χ0) is 11.6. The Morgan fingerprint density at radius 3 is 2.75 bits per heavy atom. The first-order chi connectivity index (χ1) is 7.84. The number of rotatable bonds is 6. The van der Waals surface area contributed by atoms with E-state index in [4.69, 9.17) is 4.74 Å². The fraction of sp³-hybridized carbons (Fsp3) is 0.333. The van der Waals surface area contributed by atoms with Crippen molar-refractivity contribution in [3.05, 3.63) is 35.9 Å². The van der Waals surface area contributed by atoms with E-state index < -0.39 is 0 Å². The average molecular weight is 235 g/mol. The number of nitrogens with zero attached hydrogens (tertiary/aromatic N) is 1. The maximum absolute atomic E-state index is 11.5. The predicted octanol–water partition coefficient (Wildman–Crippen LogP) is 2.73. The van der Waals surface area contributed by atoms with Crippen molar-refractivity contribution in [2.24, 2.45) is 4.99 Å². The maximum Gasteiger partial charge on any atom is 0.338 e. The first kappa shape index (κ1) is 12.6. The van der Waals surface area contributed by atoms with Crippen LogP contribution in [0.2, 0.25) is 0 Å². The zero-order valence-electron chi connectivity index (χ0n) is 8.89. The number of carbonyl (C=O) groups is 1. The summed E-state index contributed by atoms with van der Waals surface area (Å²) in [7, 11) is 0. The van der Waals surface area contributed by atoms with Crippen molar-refractivity contribution in [3.63, 3.8) is 0 Å². The van der Waals surface area contributed by atoms with E-state index in [1.165, 1.54) is 0 Å². The van der Waals surface area contributed by atoms with E-state index in [-0.39, 0.29) is 5.97 Å². The number of unbranched alkanes of at least 4 members (excludes halogenated alkanes) is 1. The molecule has 0 aliphatic rings. The summed E-state index contributed by atoms with van der Waals surface area (Å²) in [6, 6.07) is 8.95. The Bertz CT molecular complexity index is 372. The lowest BCUT2D eigenvalue weighted by Gasteiger charge is -2.03. The van der Waals surface area contributed by atoms with Gasteiger partial charge in [0.05, 0.1) is 17.3 Å². The van der Waals surface area contributed by atoms with Crippen LogP contribution in [-0.2, 0) is 4.74 Å². The lowest BCUT2D eigenvalue weighted by atomic mass is 10.2. The van der Waals surface area contributed by atoms with Crippen LogP contribution < -0.4 is 0 Å². The lowest BCUT2D eigenvalue weighted by Crippen LogP contribution is -2.06. The highest BCUT2D eigenvalue weighted by Gasteiger charge is 2.04. The summed E-state index contributed by atoms with van der Waals surface area (Å²) in [6.45, 7) is 1.06. The molecule has 1 aromatic rings. The molecule has 1 rings (SSSR count). The molecule has 16 heavy (non-hydrogen) atoms. The second-order valence-corrected chi connectivity index (χ2v) is 3.36. The van der Waals surface area contributed by atoms with E-state index >= 15 is 0 Å². The van der Waals surface area contributed by atoms with E-state index in [1.54, 1.807) is 12.1 Å². The van der Waals surface area contributed by atoms with E-state index in [0.717, 1.165) is 12.8 Å². The van der Waals surface area contributed by atoms with Gasteiger partial charge in [0.1, 0.15) is 0 Å². The Hall–Kier alpha value is -1.51. The molecule has 0 aromatic heterocycles. The molecule has 0 amide bonds. The van der Waals surface area contributed by atoms with E-state index in [1.807, 2.05) is 18.2 Å². The van der Waals surface area contributed by atoms with Crippen LogP contribution in [0.3, 0.4) is 0 Å². The molecule has 0 saturated carbocycles. The molecule has 0 radical (unpaired) electrons. The van der Waals surface area contributed by atoms with Gasteiger partial charge in [-0.05, 0) is 37.2 Å². The van der Waals surface area contributed by atoms with Crippen molar-refractivity contribution in [2.75, 3.05) is 13.2 Å². The molecule has 84 valence electrons. The third kappa shape index (κ3) is 4.82. The number of isothiocyanates is 1. The van der Waals surface area contributed by atoms with Gasteiger partial charge in [0.15, 0.2) is 0 Å². The highest BCUT2D eigenvalue weighted by atomic mass is 32.1. The minimum atomic E-state index is -0.279. The fourth-order valence-corrected chi connectivity index (χ4v) is 1.25. The number of hydrogen-bond donors (Lipinski definition) is 0. The zero-order valence-corrected chi connectivity index (χ0v) is 9.70. The van der Waals surface area contributed by atoms with Crippen LogP contribution in [0.15, 0.2) is 35.3 Å². The van der Waals surface area contributed by atoms with Crippen molar-refractivity contribution in [3.8, 4) is 0 Å². The molecule has 1 aromatic carbocycles. The van der Waals surface area contributed by atoms with Crippen LogP contribution in [0.4, 0.5) is 0 Å². The number of aliphatic imine (C=N–C) groups is 1. The highest BCUT2D eigenvalue weighted by molar-refractivity contribution is 7.78. The maximum atomic E-state index is 11.5. The third-order valence-corrected chi connectivity index (χ3v) is 2.10. The minimum absolute atomic E-state index is 0.279. The van der Waals surface area contributed by atoms with Crippen LogP contribution in [0, 0.1) is 0 Å². The smallest absolute Gasteiger partial charge is 0.338 e. The van der Waals surface area contributed by atoms with Gasteiger partial charge in [-0.2, -0.15) is 0 Å². The van der Waals surface area contributed by atoms with E-state index in [2.05, 4.69) is 22.4 Å². The van der Waals surface area contributed by atoms with Crippen molar-refractivity contribution in [1.29, 1.82) is 0 Å². The second-order valence-electron chi connectivity index (χ2n) is 3.18. The Kier molecular flexibility index (Phi) is 6.07. The van der Waals surface area contributed by atoms with E-state index in [9.17, 15) is 4.79 Å². The van der Waals surface area contributed by atoms with Crippen LogP contribution in [0.5, 0.6) is 0 Å². The van der Waals surface area contributed by atoms with Gasteiger partial charge in [0, 0.05) is 6.54 Å². The summed E-state index contributed by atoms with van der Waals surface area (Å²) in [5.41, 5.74) is 0.583. The largest absolute Gasteiger partial charge is 0.462 e. The molecule has 0 aliphatic heterocycles. The van der Waals surface area contributed by atoms with Gasteiger partial charge < -0.3 is 4.74 Å². The predicted molar refractivity (Wildman–Crippen MR) is 65.9 cm³/mol. The average Bonchev–Trinajstić information content (AvgIpc) is 2.34. The molecule has 0 fully saturated rings. The van der Waals surface area contributed by atoms with Gasteiger partial charge in [-0.1, -0.05) is 18.2 Å². The topological polar surface area (TPSA) is 38.7 Å². The molecule has 0 bridgehead atoms. The molecule has 0 unspecified atom stereocenters. The van der Waals surface area contributed by atoms with Crippen LogP contribution in [0.25, 0.3) is 0 Å². The Balaban J connectivity index is 2.18. The molecule has 0 atom stereocenters. The number of thiocarbonyl (C=S) groups is 1. The van der Waals surface area contributed by atoms with Gasteiger partial charge >= 0.3 is 5.97 Å². The first-order valence-corrected chi connectivity index (χ1v) is 5.51. The monoisotopic (exact) mass is 235 g/mol. The normalized spacial score (nSPS) is 9.25. The van der Waals surface area contributed by atoms with Crippen molar-refractivity contribution >= 4 is 23.3 Å². The standard InChI is InChI=1S/C12H13NO2S/c14-12(11-6-2-1-3-7-11)15-9-5-4-8-13-10-16/h1-3,6-7H,4-5,8-9H2. The number of ether oxygens (including phenoxy) is 1. The number of carbonyl (C=O) groups excluding carboxylic acids is 1. The van der Waals surface area contributed by atoms with Crippen molar-refractivity contribution in [1.82, 2.24) is 0 Å². The molecule has 0 aliphatic carbocycles. The van der Waals surface area contributed by atoms with Gasteiger partial charge in [-0.3, -0.25) is 0 Å². The van der Waals surface area contributed by atoms with Crippen molar-refractivity contribution in [2.45, 2.75) is 12.8 Å². The molecule has 0 saturated heterocycles. The summed E-state index contributed by atoms with van der Waals surface area (Å²) in [5, 5.41) is 2.29. The number of esters is 1. The molecule has 0 N–H and O–H groups in total. The van der Waals surface area contributed by atoms with Crippen LogP contribution in [-0.4, -0.2) is 24.3 Å². The minimum Gasteiger partial charge on any atom is -0.462 e. The molecular weight excluding hydrogens is 222 g/mol. The summed E-state index contributed by atoms with van der Waals surface area (Å²) >= 11 is 4.43. The molecule has 0 heterocycles. The first-order valence-electron chi connectivity index (χ1n) is 5.10. The quantitative estimate of drug-likeness (QED) is 0.329. The fourth-order valence-electron chi connectivity index (χ4n) is 1.16. The van der Waals surface area contributed by atoms with E-state index in [0.29, 0.717) is 18.7 Å². The molecule has 3 nitrogen and oxygen atoms in total.